The highest BCUT2D eigenvalue weighted by molar-refractivity contribution is 7.80. The molecule has 0 atom stereocenters. The van der Waals surface area contributed by atoms with Crippen LogP contribution in [-0.4, -0.2) is 23.8 Å². The Morgan fingerprint density at radius 3 is 2.78 bits per heavy atom. The Balaban J connectivity index is 3.13. The number of nitro groups is 1. The first-order valence-electron chi connectivity index (χ1n) is 5.23. The van der Waals surface area contributed by atoms with E-state index >= 15 is 0 Å². The van der Waals surface area contributed by atoms with Crippen LogP contribution in [0.3, 0.4) is 0 Å². The standard InChI is InChI=1S/C12H13NO4S/c1-17-12(14)10-6-9(4-2-3-5-18)7-11(8-10)13(15)16/h2,4,6-8,18H,3,5H2,1H3. The van der Waals surface area contributed by atoms with Crippen LogP contribution in [0.5, 0.6) is 0 Å². The van der Waals surface area contributed by atoms with Gasteiger partial charge in [-0.1, -0.05) is 12.2 Å². The highest BCUT2D eigenvalue weighted by atomic mass is 32.1. The van der Waals surface area contributed by atoms with E-state index in [0.29, 0.717) is 11.3 Å². The van der Waals surface area contributed by atoms with Crippen LogP contribution in [0.2, 0.25) is 0 Å². The molecule has 0 saturated heterocycles. The Hall–Kier alpha value is -1.82. The van der Waals surface area contributed by atoms with Crippen molar-refractivity contribution >= 4 is 30.4 Å². The quantitative estimate of drug-likeness (QED) is 0.385. The predicted molar refractivity (Wildman–Crippen MR) is 71.9 cm³/mol. The smallest absolute Gasteiger partial charge is 0.338 e. The third-order valence-corrected chi connectivity index (χ3v) is 2.44. The van der Waals surface area contributed by atoms with Crippen molar-refractivity contribution in [1.29, 1.82) is 0 Å². The Kier molecular flexibility index (Phi) is 5.38. The normalized spacial score (nSPS) is 10.6. The molecule has 0 heterocycles. The minimum atomic E-state index is -0.595. The van der Waals surface area contributed by atoms with Gasteiger partial charge in [-0.25, -0.2) is 4.79 Å². The van der Waals surface area contributed by atoms with E-state index in [2.05, 4.69) is 17.4 Å². The third-order valence-electron chi connectivity index (χ3n) is 2.18. The van der Waals surface area contributed by atoms with Crippen LogP contribution in [0.25, 0.3) is 6.08 Å². The Bertz CT molecular complexity index is 485. The lowest BCUT2D eigenvalue weighted by Crippen LogP contribution is -2.02. The largest absolute Gasteiger partial charge is 0.465 e. The highest BCUT2D eigenvalue weighted by Gasteiger charge is 2.13. The number of nitrogens with zero attached hydrogens (tertiary/aromatic N) is 1. The van der Waals surface area contributed by atoms with Crippen LogP contribution in [-0.2, 0) is 4.74 Å². The molecular formula is C12H13NO4S. The number of allylic oxidation sites excluding steroid dienone is 1. The second-order valence-electron chi connectivity index (χ2n) is 3.48. The Morgan fingerprint density at radius 1 is 1.50 bits per heavy atom. The monoisotopic (exact) mass is 267 g/mol. The Morgan fingerprint density at radius 2 is 2.22 bits per heavy atom. The zero-order valence-corrected chi connectivity index (χ0v) is 10.7. The Labute approximate surface area is 110 Å². The fourth-order valence-electron chi connectivity index (χ4n) is 1.37. The minimum absolute atomic E-state index is 0.136. The summed E-state index contributed by atoms with van der Waals surface area (Å²) in [5.74, 6) is 0.0949. The van der Waals surface area contributed by atoms with E-state index < -0.39 is 10.9 Å². The number of rotatable bonds is 5. The summed E-state index contributed by atoms with van der Waals surface area (Å²) < 4.78 is 4.55. The van der Waals surface area contributed by atoms with Gasteiger partial charge in [-0.05, 0) is 23.8 Å². The summed E-state index contributed by atoms with van der Waals surface area (Å²) in [6.45, 7) is 0. The van der Waals surface area contributed by atoms with Crippen molar-refractivity contribution in [1.82, 2.24) is 0 Å². The van der Waals surface area contributed by atoms with Crippen LogP contribution < -0.4 is 0 Å². The van der Waals surface area contributed by atoms with Gasteiger partial charge in [0, 0.05) is 12.1 Å². The van der Waals surface area contributed by atoms with Crippen LogP contribution >= 0.6 is 12.6 Å². The molecule has 1 aromatic carbocycles. The highest BCUT2D eigenvalue weighted by Crippen LogP contribution is 2.19. The van der Waals surface area contributed by atoms with Gasteiger partial charge in [-0.15, -0.1) is 0 Å². The fraction of sp³-hybridized carbons (Fsp3) is 0.250. The maximum Gasteiger partial charge on any atom is 0.338 e. The zero-order chi connectivity index (χ0) is 13.5. The molecule has 0 aromatic heterocycles. The molecule has 5 nitrogen and oxygen atoms in total. The molecule has 6 heteroatoms. The van der Waals surface area contributed by atoms with Gasteiger partial charge in [-0.3, -0.25) is 10.1 Å². The summed E-state index contributed by atoms with van der Waals surface area (Å²) >= 11 is 4.05. The number of hydrogen-bond donors (Lipinski definition) is 1. The predicted octanol–water partition coefficient (Wildman–Crippen LogP) is 2.71. The van der Waals surface area contributed by atoms with Crippen molar-refractivity contribution in [2.45, 2.75) is 6.42 Å². The minimum Gasteiger partial charge on any atom is -0.465 e. The zero-order valence-electron chi connectivity index (χ0n) is 9.83. The van der Waals surface area contributed by atoms with Crippen LogP contribution in [0, 0.1) is 10.1 Å². The number of esters is 1. The van der Waals surface area contributed by atoms with Crippen LogP contribution in [0.1, 0.15) is 22.3 Å². The summed E-state index contributed by atoms with van der Waals surface area (Å²) in [4.78, 5) is 21.6. The molecule has 0 fully saturated rings. The summed E-state index contributed by atoms with van der Waals surface area (Å²) in [6, 6.07) is 4.15. The number of hydrogen-bond acceptors (Lipinski definition) is 5. The number of nitro benzene ring substituents is 1. The summed E-state index contributed by atoms with van der Waals surface area (Å²) in [7, 11) is 1.23. The van der Waals surface area contributed by atoms with Gasteiger partial charge in [0.2, 0.25) is 0 Å². The molecule has 0 unspecified atom stereocenters. The number of carbonyl (C=O) groups excluding carboxylic acids is 1. The maximum absolute atomic E-state index is 11.4. The summed E-state index contributed by atoms with van der Waals surface area (Å²) in [5, 5.41) is 10.8. The molecule has 0 spiro atoms. The number of non-ortho nitro benzene ring substituents is 1. The molecular weight excluding hydrogens is 254 g/mol. The van der Waals surface area contributed by atoms with Gasteiger partial charge in [-0.2, -0.15) is 12.6 Å². The molecule has 0 amide bonds. The van der Waals surface area contributed by atoms with Crippen LogP contribution in [0.4, 0.5) is 5.69 Å². The van der Waals surface area contributed by atoms with E-state index in [-0.39, 0.29) is 11.3 Å². The van der Waals surface area contributed by atoms with E-state index in [1.807, 2.05) is 6.08 Å². The van der Waals surface area contributed by atoms with Crippen LogP contribution in [0.15, 0.2) is 24.3 Å². The van der Waals surface area contributed by atoms with Crippen molar-refractivity contribution in [3.05, 3.63) is 45.5 Å². The van der Waals surface area contributed by atoms with Crippen molar-refractivity contribution in [3.63, 3.8) is 0 Å². The van der Waals surface area contributed by atoms with Crippen molar-refractivity contribution in [2.75, 3.05) is 12.9 Å². The lowest BCUT2D eigenvalue weighted by molar-refractivity contribution is -0.384. The van der Waals surface area contributed by atoms with Gasteiger partial charge in [0.1, 0.15) is 0 Å². The molecule has 1 rings (SSSR count). The van der Waals surface area contributed by atoms with Gasteiger partial charge in [0.05, 0.1) is 17.6 Å². The van der Waals surface area contributed by atoms with Crippen molar-refractivity contribution < 1.29 is 14.5 Å². The lowest BCUT2D eigenvalue weighted by Gasteiger charge is -2.01. The first-order chi connectivity index (χ1) is 8.58. The SMILES string of the molecule is COC(=O)c1cc(C=CCCS)cc([N+](=O)[O-])c1. The number of methoxy groups -OCH3 is 1. The molecule has 0 radical (unpaired) electrons. The number of ether oxygens (including phenoxy) is 1. The molecule has 0 bridgehead atoms. The van der Waals surface area contributed by atoms with Gasteiger partial charge >= 0.3 is 5.97 Å². The topological polar surface area (TPSA) is 69.4 Å². The second-order valence-corrected chi connectivity index (χ2v) is 3.92. The van der Waals surface area contributed by atoms with E-state index in [1.54, 1.807) is 12.1 Å². The van der Waals surface area contributed by atoms with Gasteiger partial charge < -0.3 is 4.74 Å². The van der Waals surface area contributed by atoms with E-state index in [9.17, 15) is 14.9 Å². The molecule has 0 N–H and O–H groups in total. The summed E-state index contributed by atoms with van der Waals surface area (Å²) in [6.07, 6.45) is 4.31. The van der Waals surface area contributed by atoms with E-state index in [4.69, 9.17) is 0 Å². The molecule has 96 valence electrons. The first kappa shape index (κ1) is 14.2. The summed E-state index contributed by atoms with van der Waals surface area (Å²) in [5.41, 5.74) is 0.618. The molecule has 0 aliphatic rings. The van der Waals surface area contributed by atoms with Crippen molar-refractivity contribution in [3.8, 4) is 0 Å². The van der Waals surface area contributed by atoms with Crippen molar-refractivity contribution in [2.24, 2.45) is 0 Å². The fourth-order valence-corrected chi connectivity index (χ4v) is 1.52. The van der Waals surface area contributed by atoms with Gasteiger partial charge in [0.15, 0.2) is 0 Å². The third kappa shape index (κ3) is 3.89. The molecule has 0 aliphatic heterocycles. The first-order valence-corrected chi connectivity index (χ1v) is 5.87. The van der Waals surface area contributed by atoms with E-state index in [0.717, 1.165) is 6.42 Å². The molecule has 0 saturated carbocycles. The average molecular weight is 267 g/mol. The van der Waals surface area contributed by atoms with Gasteiger partial charge in [0.25, 0.3) is 5.69 Å². The number of benzene rings is 1. The van der Waals surface area contributed by atoms with E-state index in [1.165, 1.54) is 19.2 Å². The molecule has 1 aromatic rings. The average Bonchev–Trinajstić information content (AvgIpc) is 2.37. The lowest BCUT2D eigenvalue weighted by atomic mass is 10.1. The number of carbonyl (C=O) groups is 1. The maximum atomic E-state index is 11.4. The second kappa shape index (κ2) is 6.80. The molecule has 0 aliphatic carbocycles. The molecule has 18 heavy (non-hydrogen) atoms. The number of thiol groups is 1.